The second kappa shape index (κ2) is 9.55. The zero-order chi connectivity index (χ0) is 19.9. The molecule has 0 saturated carbocycles. The Morgan fingerprint density at radius 1 is 1.07 bits per heavy atom. The summed E-state index contributed by atoms with van der Waals surface area (Å²) in [6, 6.07) is 14.9. The van der Waals surface area contributed by atoms with Crippen LogP contribution in [-0.2, 0) is 0 Å². The van der Waals surface area contributed by atoms with Gasteiger partial charge < -0.3 is 0 Å². The van der Waals surface area contributed by atoms with Crippen LogP contribution in [0.2, 0.25) is 0 Å². The number of aryl methyl sites for hydroxylation is 1. The van der Waals surface area contributed by atoms with Crippen LogP contribution < -0.4 is 10.2 Å². The molecule has 0 heterocycles. The Labute approximate surface area is 170 Å². The van der Waals surface area contributed by atoms with E-state index in [0.29, 0.717) is 0 Å². The summed E-state index contributed by atoms with van der Waals surface area (Å²) < 4.78 is 5.36. The second-order valence-corrected chi connectivity index (χ2v) is 7.38. The SMILES string of the molecule is CCC/C(C(C)=Bc1ccc(-c2cccc(OC)c2)cc1C)=C1/C=CC=CC1. The topological polar surface area (TPSA) is 9.23 Å². The first-order valence-corrected chi connectivity index (χ1v) is 10.1. The van der Waals surface area contributed by atoms with Crippen LogP contribution >= 0.6 is 0 Å². The Bertz CT molecular complexity index is 960. The number of rotatable bonds is 6. The van der Waals surface area contributed by atoms with Gasteiger partial charge in [-0.25, -0.2) is 0 Å². The van der Waals surface area contributed by atoms with Crippen LogP contribution in [0.3, 0.4) is 0 Å². The molecule has 0 unspecified atom stereocenters. The predicted molar refractivity (Wildman–Crippen MR) is 124 cm³/mol. The van der Waals surface area contributed by atoms with Gasteiger partial charge in [-0.05, 0) is 0 Å². The van der Waals surface area contributed by atoms with Crippen molar-refractivity contribution in [3.8, 4) is 16.9 Å². The molecule has 1 nitrogen and oxygen atoms in total. The Kier molecular flexibility index (Phi) is 6.87. The fourth-order valence-corrected chi connectivity index (χ4v) is 3.74. The van der Waals surface area contributed by atoms with Gasteiger partial charge in [-0.15, -0.1) is 0 Å². The minimum atomic E-state index is 0.889. The second-order valence-electron chi connectivity index (χ2n) is 7.38. The van der Waals surface area contributed by atoms with Crippen LogP contribution in [0.1, 0.15) is 38.7 Å². The molecule has 2 aromatic carbocycles. The predicted octanol–water partition coefficient (Wildman–Crippen LogP) is 5.81. The molecular formula is C26H29BO. The minimum absolute atomic E-state index is 0.889. The molecule has 0 fully saturated rings. The van der Waals surface area contributed by atoms with Crippen LogP contribution in [0.5, 0.6) is 5.75 Å². The van der Waals surface area contributed by atoms with Gasteiger partial charge in [-0.2, -0.15) is 0 Å². The summed E-state index contributed by atoms with van der Waals surface area (Å²) in [4.78, 5) is 0. The van der Waals surface area contributed by atoms with E-state index in [0.717, 1.165) is 25.0 Å². The number of methoxy groups -OCH3 is 1. The van der Waals surface area contributed by atoms with Crippen LogP contribution in [0.25, 0.3) is 11.1 Å². The number of allylic oxidation sites excluding steroid dienone is 6. The van der Waals surface area contributed by atoms with Crippen molar-refractivity contribution in [3.63, 3.8) is 0 Å². The monoisotopic (exact) mass is 368 g/mol. The van der Waals surface area contributed by atoms with E-state index in [1.54, 1.807) is 7.11 Å². The van der Waals surface area contributed by atoms with Gasteiger partial charge in [0.2, 0.25) is 0 Å². The van der Waals surface area contributed by atoms with E-state index in [9.17, 15) is 0 Å². The molecule has 0 saturated heterocycles. The van der Waals surface area contributed by atoms with E-state index >= 15 is 0 Å². The maximum atomic E-state index is 5.36. The Balaban J connectivity index is 1.93. The molecule has 2 heteroatoms. The van der Waals surface area contributed by atoms with Crippen molar-refractivity contribution in [1.29, 1.82) is 0 Å². The van der Waals surface area contributed by atoms with Crippen molar-refractivity contribution in [2.24, 2.45) is 0 Å². The quantitative estimate of drug-likeness (QED) is 0.585. The molecule has 0 aliphatic heterocycles. The summed E-state index contributed by atoms with van der Waals surface area (Å²) in [6.45, 7) is 9.04. The average Bonchev–Trinajstić information content (AvgIpc) is 2.74. The molecule has 0 aromatic heterocycles. The molecule has 1 aliphatic rings. The third kappa shape index (κ3) is 4.81. The molecule has 1 aliphatic carbocycles. The number of benzene rings is 2. The fourth-order valence-electron chi connectivity index (χ4n) is 3.74. The molecule has 142 valence electrons. The van der Waals surface area contributed by atoms with Gasteiger partial charge in [0.1, 0.15) is 0 Å². The Morgan fingerprint density at radius 2 is 1.89 bits per heavy atom. The third-order valence-electron chi connectivity index (χ3n) is 5.29. The van der Waals surface area contributed by atoms with E-state index in [4.69, 9.17) is 4.74 Å². The molecule has 28 heavy (non-hydrogen) atoms. The van der Waals surface area contributed by atoms with Crippen LogP contribution in [-0.4, -0.2) is 19.5 Å². The molecule has 2 aromatic rings. The van der Waals surface area contributed by atoms with Gasteiger partial charge in [-0.1, -0.05) is 0 Å². The molecule has 0 atom stereocenters. The molecule has 0 radical (unpaired) electrons. The zero-order valence-electron chi connectivity index (χ0n) is 17.5. The van der Waals surface area contributed by atoms with Crippen molar-refractivity contribution in [2.45, 2.75) is 40.0 Å². The summed E-state index contributed by atoms with van der Waals surface area (Å²) in [6.07, 6.45) is 12.1. The molecule has 0 N–H and O–H groups in total. The summed E-state index contributed by atoms with van der Waals surface area (Å²) in [5, 5.41) is 0. The van der Waals surface area contributed by atoms with Gasteiger partial charge in [0.25, 0.3) is 0 Å². The van der Waals surface area contributed by atoms with E-state index in [-0.39, 0.29) is 0 Å². The maximum absolute atomic E-state index is 5.36. The van der Waals surface area contributed by atoms with E-state index < -0.39 is 0 Å². The normalized spacial score (nSPS) is 15.4. The Hall–Kier alpha value is -2.61. The summed E-state index contributed by atoms with van der Waals surface area (Å²) in [5.41, 5.74) is 9.28. The van der Waals surface area contributed by atoms with E-state index in [2.05, 4.69) is 82.3 Å². The summed E-state index contributed by atoms with van der Waals surface area (Å²) in [7, 11) is 1.71. The summed E-state index contributed by atoms with van der Waals surface area (Å²) in [5.74, 6) is 0.889. The van der Waals surface area contributed by atoms with Gasteiger partial charge in [0.05, 0.1) is 0 Å². The number of hydrogen-bond donors (Lipinski definition) is 0. The van der Waals surface area contributed by atoms with Crippen molar-refractivity contribution in [1.82, 2.24) is 0 Å². The number of hydrogen-bond acceptors (Lipinski definition) is 1. The van der Waals surface area contributed by atoms with Gasteiger partial charge in [-0.3, -0.25) is 0 Å². The van der Waals surface area contributed by atoms with E-state index in [1.807, 2.05) is 12.1 Å². The van der Waals surface area contributed by atoms with Gasteiger partial charge in [0, 0.05) is 0 Å². The molecule has 0 spiro atoms. The molecule has 3 rings (SSSR count). The average molecular weight is 368 g/mol. The van der Waals surface area contributed by atoms with Crippen molar-refractivity contribution < 1.29 is 4.74 Å². The standard InChI is InChI=1S/C26H29BO/c1-5-10-25(21-11-7-6-8-12-21)20(3)27-26-16-15-23(17-19(26)2)22-13-9-14-24(18-22)28-4/h6-9,11,13-18H,5,10,12H2,1-4H3/b25-21+. The van der Waals surface area contributed by atoms with Crippen LogP contribution in [0.15, 0.2) is 77.9 Å². The zero-order valence-corrected chi connectivity index (χ0v) is 17.5. The van der Waals surface area contributed by atoms with Crippen LogP contribution in [0, 0.1) is 6.92 Å². The molecule has 0 bridgehead atoms. The Morgan fingerprint density at radius 3 is 2.57 bits per heavy atom. The van der Waals surface area contributed by atoms with Crippen molar-refractivity contribution >= 4 is 17.8 Å². The van der Waals surface area contributed by atoms with Crippen molar-refractivity contribution in [2.75, 3.05) is 7.11 Å². The van der Waals surface area contributed by atoms with E-state index in [1.165, 1.54) is 38.8 Å². The van der Waals surface area contributed by atoms with Gasteiger partial charge in [0.15, 0.2) is 0 Å². The van der Waals surface area contributed by atoms with Crippen molar-refractivity contribution in [3.05, 3.63) is 83.5 Å². The fraction of sp³-hybridized carbons (Fsp3) is 0.269. The first kappa shape index (κ1) is 20.1. The first-order chi connectivity index (χ1) is 13.6. The number of ether oxygens (including phenoxy) is 1. The van der Waals surface area contributed by atoms with Gasteiger partial charge >= 0.3 is 170 Å². The third-order valence-corrected chi connectivity index (χ3v) is 5.29. The first-order valence-electron chi connectivity index (χ1n) is 10.1. The summed E-state index contributed by atoms with van der Waals surface area (Å²) >= 11 is 0. The molecular weight excluding hydrogens is 339 g/mol. The van der Waals surface area contributed by atoms with Crippen LogP contribution in [0.4, 0.5) is 0 Å². The molecule has 0 amide bonds.